The average Bonchev–Trinajstić information content (AvgIpc) is 3.86. The third kappa shape index (κ3) is 6.81. The monoisotopic (exact) mass is 654 g/mol. The predicted octanol–water partition coefficient (Wildman–Crippen LogP) is 6.25. The molecule has 0 atom stereocenters. The summed E-state index contributed by atoms with van der Waals surface area (Å²) in [5.74, 6) is 1.05. The lowest BCUT2D eigenvalue weighted by atomic mass is 9.52. The van der Waals surface area contributed by atoms with Gasteiger partial charge in [-0.3, -0.25) is 9.48 Å². The van der Waals surface area contributed by atoms with Crippen LogP contribution in [0.25, 0.3) is 11.1 Å². The van der Waals surface area contributed by atoms with Crippen molar-refractivity contribution >= 4 is 23.5 Å². The highest BCUT2D eigenvalue weighted by Gasteiger charge is 2.51. The number of anilines is 2. The highest BCUT2D eigenvalue weighted by molar-refractivity contribution is 5.96. The topological polar surface area (TPSA) is 113 Å². The van der Waals surface area contributed by atoms with Crippen molar-refractivity contribution in [3.8, 4) is 11.1 Å². The number of nitrogens with one attached hydrogen (secondary N) is 1. The van der Waals surface area contributed by atoms with E-state index in [0.717, 1.165) is 67.7 Å². The molecular formula is C38H50N6O4. The number of hydrogen-bond donors (Lipinski definition) is 2. The van der Waals surface area contributed by atoms with Crippen LogP contribution < -0.4 is 15.1 Å². The summed E-state index contributed by atoms with van der Waals surface area (Å²) in [7, 11) is 4.05. The third-order valence-electron chi connectivity index (χ3n) is 11.7. The molecule has 5 fully saturated rings. The minimum Gasteiger partial charge on any atom is -0.446 e. The normalized spacial score (nSPS) is 26.6. The van der Waals surface area contributed by atoms with Gasteiger partial charge in [0.25, 0.3) is 0 Å². The van der Waals surface area contributed by atoms with Crippen molar-refractivity contribution in [1.29, 1.82) is 0 Å². The van der Waals surface area contributed by atoms with Crippen LogP contribution in [0.1, 0.15) is 88.7 Å². The van der Waals surface area contributed by atoms with Gasteiger partial charge in [-0.05, 0) is 117 Å². The molecule has 2 aromatic heterocycles. The molecule has 10 nitrogen and oxygen atoms in total. The van der Waals surface area contributed by atoms with E-state index in [1.807, 2.05) is 25.2 Å². The zero-order valence-corrected chi connectivity index (χ0v) is 28.4. The molecule has 0 aliphatic heterocycles. The number of carbonyl (C=O) groups is 2. The number of rotatable bonds is 11. The molecule has 0 radical (unpaired) electrons. The molecule has 2 N–H and O–H groups in total. The second-order valence-corrected chi connectivity index (χ2v) is 15.0. The van der Waals surface area contributed by atoms with Crippen LogP contribution in [0.5, 0.6) is 0 Å². The predicted molar refractivity (Wildman–Crippen MR) is 186 cm³/mol. The van der Waals surface area contributed by atoms with Gasteiger partial charge < -0.3 is 25.0 Å². The summed E-state index contributed by atoms with van der Waals surface area (Å²) < 4.78 is 7.66. The molecule has 8 rings (SSSR count). The van der Waals surface area contributed by atoms with Crippen LogP contribution in [-0.2, 0) is 14.9 Å². The standard InChI is InChI=1S/C38H50N6O4/c1-42(2)34-13-8-30(24-40-34)38-17-14-37(15-18-38,16-19-38)26-43(35(46)27-6-11-33(12-7-27)48-36(47)39-20-21-45)32-5-3-4-28(22-32)29-23-41-44(25-29)31-9-10-31/h3-5,8,13,22-25,27,31,33,45H,6-7,9-12,14-21,26H2,1-2H3,(H,39,47). The number of benzene rings is 1. The summed E-state index contributed by atoms with van der Waals surface area (Å²) >= 11 is 0. The number of hydrogen-bond acceptors (Lipinski definition) is 7. The van der Waals surface area contributed by atoms with Crippen LogP contribution in [0.3, 0.4) is 0 Å². The van der Waals surface area contributed by atoms with E-state index in [-0.39, 0.29) is 41.9 Å². The molecule has 2 heterocycles. The van der Waals surface area contributed by atoms with Gasteiger partial charge in [-0.1, -0.05) is 18.2 Å². The summed E-state index contributed by atoms with van der Waals surface area (Å²) in [5, 5.41) is 16.2. The van der Waals surface area contributed by atoms with Crippen LogP contribution in [0.4, 0.5) is 16.3 Å². The van der Waals surface area contributed by atoms with Crippen molar-refractivity contribution in [2.45, 2.75) is 94.6 Å². The molecular weight excluding hydrogens is 604 g/mol. The van der Waals surface area contributed by atoms with Gasteiger partial charge in [0.15, 0.2) is 0 Å². The summed E-state index contributed by atoms with van der Waals surface area (Å²) in [6, 6.07) is 13.4. The first-order valence-corrected chi connectivity index (χ1v) is 17.9. The lowest BCUT2D eigenvalue weighted by Gasteiger charge is -2.55. The van der Waals surface area contributed by atoms with Crippen molar-refractivity contribution in [1.82, 2.24) is 20.1 Å². The van der Waals surface area contributed by atoms with Gasteiger partial charge in [-0.2, -0.15) is 5.10 Å². The van der Waals surface area contributed by atoms with Crippen molar-refractivity contribution < 1.29 is 19.4 Å². The van der Waals surface area contributed by atoms with Gasteiger partial charge in [0.05, 0.1) is 18.8 Å². The van der Waals surface area contributed by atoms with Crippen LogP contribution in [0.15, 0.2) is 55.0 Å². The second kappa shape index (κ2) is 13.5. The van der Waals surface area contributed by atoms with E-state index in [0.29, 0.717) is 31.7 Å². The van der Waals surface area contributed by atoms with Crippen molar-refractivity contribution in [2.24, 2.45) is 11.3 Å². The Balaban J connectivity index is 1.09. The number of ether oxygens (including phenoxy) is 1. The van der Waals surface area contributed by atoms with Crippen LogP contribution in [0.2, 0.25) is 0 Å². The smallest absolute Gasteiger partial charge is 0.407 e. The Labute approximate surface area is 283 Å². The van der Waals surface area contributed by atoms with E-state index < -0.39 is 6.09 Å². The van der Waals surface area contributed by atoms with E-state index in [4.69, 9.17) is 14.8 Å². The summed E-state index contributed by atoms with van der Waals surface area (Å²) in [5.41, 5.74) is 4.75. The number of aliphatic hydroxyl groups is 1. The molecule has 48 heavy (non-hydrogen) atoms. The van der Waals surface area contributed by atoms with Gasteiger partial charge in [-0.15, -0.1) is 0 Å². The maximum absolute atomic E-state index is 14.6. The van der Waals surface area contributed by atoms with Gasteiger partial charge in [0.2, 0.25) is 5.91 Å². The number of nitrogens with zero attached hydrogens (tertiary/aromatic N) is 5. The number of fused-ring (bicyclic) bond motifs is 3. The first kappa shape index (κ1) is 32.6. The third-order valence-corrected chi connectivity index (χ3v) is 11.7. The molecule has 0 saturated heterocycles. The molecule has 2 bridgehead atoms. The molecule has 5 aliphatic carbocycles. The number of pyridine rings is 1. The lowest BCUT2D eigenvalue weighted by Crippen LogP contribution is -2.52. The molecule has 0 unspecified atom stereocenters. The highest BCUT2D eigenvalue weighted by Crippen LogP contribution is 2.58. The minimum atomic E-state index is -0.503. The van der Waals surface area contributed by atoms with Crippen LogP contribution in [0, 0.1) is 11.3 Å². The highest BCUT2D eigenvalue weighted by atomic mass is 16.6. The molecule has 5 saturated carbocycles. The van der Waals surface area contributed by atoms with E-state index in [2.05, 4.69) is 68.8 Å². The number of amides is 2. The van der Waals surface area contributed by atoms with Crippen molar-refractivity contribution in [3.63, 3.8) is 0 Å². The average molecular weight is 655 g/mol. The van der Waals surface area contributed by atoms with E-state index in [9.17, 15) is 9.59 Å². The van der Waals surface area contributed by atoms with E-state index in [1.165, 1.54) is 18.4 Å². The maximum atomic E-state index is 14.6. The van der Waals surface area contributed by atoms with Crippen LogP contribution >= 0.6 is 0 Å². The molecule has 2 amide bonds. The number of carbonyl (C=O) groups excluding carboxylic acids is 2. The number of alkyl carbamates (subject to hydrolysis) is 1. The molecule has 1 aromatic carbocycles. The van der Waals surface area contributed by atoms with Crippen molar-refractivity contribution in [2.75, 3.05) is 43.6 Å². The first-order valence-electron chi connectivity index (χ1n) is 17.9. The molecule has 256 valence electrons. The largest absolute Gasteiger partial charge is 0.446 e. The number of aromatic nitrogens is 3. The second-order valence-electron chi connectivity index (χ2n) is 15.0. The van der Waals surface area contributed by atoms with Gasteiger partial charge >= 0.3 is 6.09 Å². The SMILES string of the molecule is CN(C)c1ccc(C23CCC(CN(C(=O)C4CCC(OC(=O)NCCO)CC4)c4cccc(-c5cnn(C6CC6)c5)c4)(CC2)CC3)cn1. The summed E-state index contributed by atoms with van der Waals surface area (Å²) in [6.45, 7) is 0.773. The molecule has 3 aromatic rings. The Morgan fingerprint density at radius 1 is 0.958 bits per heavy atom. The zero-order valence-electron chi connectivity index (χ0n) is 28.4. The Morgan fingerprint density at radius 2 is 1.71 bits per heavy atom. The molecule has 10 heteroatoms. The molecule has 5 aliphatic rings. The zero-order chi connectivity index (χ0) is 33.3. The van der Waals surface area contributed by atoms with E-state index >= 15 is 0 Å². The first-order chi connectivity index (χ1) is 23.3. The molecule has 0 spiro atoms. The van der Waals surface area contributed by atoms with Gasteiger partial charge in [0, 0.05) is 56.7 Å². The van der Waals surface area contributed by atoms with Crippen LogP contribution in [-0.4, -0.2) is 71.8 Å². The Morgan fingerprint density at radius 3 is 2.35 bits per heavy atom. The van der Waals surface area contributed by atoms with Gasteiger partial charge in [0.1, 0.15) is 11.9 Å². The summed E-state index contributed by atoms with van der Waals surface area (Å²) in [4.78, 5) is 35.6. The minimum absolute atomic E-state index is 0.0897. The number of aliphatic hydroxyl groups excluding tert-OH is 1. The Kier molecular flexibility index (Phi) is 9.20. The fraction of sp³-hybridized carbons (Fsp3) is 0.579. The fourth-order valence-electron chi connectivity index (χ4n) is 8.41. The van der Waals surface area contributed by atoms with E-state index in [1.54, 1.807) is 0 Å². The Hall–Kier alpha value is -3.92. The fourth-order valence-corrected chi connectivity index (χ4v) is 8.41. The Bertz CT molecular complexity index is 1570. The van der Waals surface area contributed by atoms with Crippen molar-refractivity contribution in [3.05, 3.63) is 60.6 Å². The summed E-state index contributed by atoms with van der Waals surface area (Å²) in [6.07, 6.45) is 17.2. The maximum Gasteiger partial charge on any atom is 0.407 e. The quantitative estimate of drug-likeness (QED) is 0.251. The lowest BCUT2D eigenvalue weighted by molar-refractivity contribution is -0.124. The van der Waals surface area contributed by atoms with Gasteiger partial charge in [-0.25, -0.2) is 9.78 Å².